The van der Waals surface area contributed by atoms with Crippen LogP contribution in [-0.4, -0.2) is 53.5 Å². The topological polar surface area (TPSA) is 54.3 Å². The number of carbonyl (C=O) groups excluding carboxylic acids is 2. The van der Waals surface area contributed by atoms with Gasteiger partial charge in [-0.2, -0.15) is 13.2 Å². The van der Waals surface area contributed by atoms with Gasteiger partial charge in [-0.05, 0) is 45.8 Å². The van der Waals surface area contributed by atoms with E-state index in [-0.39, 0.29) is 25.4 Å². The maximum absolute atomic E-state index is 12.7. The first kappa shape index (κ1) is 21.4. The molecular formula is C21H26F3N3O2. The average molecular weight is 409 g/mol. The molecule has 0 radical (unpaired) electrons. The van der Waals surface area contributed by atoms with Gasteiger partial charge in [-0.3, -0.25) is 9.59 Å². The second-order valence-electron chi connectivity index (χ2n) is 7.80. The molecule has 1 fully saturated rings. The number of aromatic nitrogens is 1. The van der Waals surface area contributed by atoms with Crippen LogP contribution in [0.3, 0.4) is 0 Å². The first-order valence-corrected chi connectivity index (χ1v) is 9.89. The third kappa shape index (κ3) is 4.80. The normalized spacial score (nSPS) is 16.5. The molecule has 0 unspecified atom stereocenters. The molecule has 0 spiro atoms. The highest BCUT2D eigenvalue weighted by molar-refractivity contribution is 6.45. The number of halogens is 3. The molecule has 2 heterocycles. The van der Waals surface area contributed by atoms with Crippen LogP contribution in [0.25, 0.3) is 10.9 Å². The number of carbonyl (C=O) groups is 2. The molecule has 1 amide bonds. The Morgan fingerprint density at radius 3 is 2.45 bits per heavy atom. The lowest BCUT2D eigenvalue weighted by atomic mass is 9.96. The van der Waals surface area contributed by atoms with Gasteiger partial charge in [-0.25, -0.2) is 0 Å². The SMILES string of the molecule is CC(C)n1cc(C(=O)C(=O)NCCN2CCC(C(F)(F)F)CC2)c2ccccc21. The van der Waals surface area contributed by atoms with E-state index < -0.39 is 23.8 Å². The summed E-state index contributed by atoms with van der Waals surface area (Å²) in [6.07, 6.45) is -2.28. The molecule has 1 N–H and O–H groups in total. The van der Waals surface area contributed by atoms with Gasteiger partial charge in [0.25, 0.3) is 11.7 Å². The Kier molecular flexibility index (Phi) is 6.31. The van der Waals surface area contributed by atoms with Crippen LogP contribution in [0.4, 0.5) is 13.2 Å². The van der Waals surface area contributed by atoms with Crippen molar-refractivity contribution in [2.75, 3.05) is 26.2 Å². The molecule has 0 bridgehead atoms. The number of ketones is 1. The Morgan fingerprint density at radius 2 is 1.83 bits per heavy atom. The molecule has 0 atom stereocenters. The molecule has 0 saturated carbocycles. The monoisotopic (exact) mass is 409 g/mol. The maximum atomic E-state index is 12.7. The number of hydrogen-bond donors (Lipinski definition) is 1. The van der Waals surface area contributed by atoms with Crippen LogP contribution in [0, 0.1) is 5.92 Å². The quantitative estimate of drug-likeness (QED) is 0.583. The van der Waals surface area contributed by atoms with E-state index in [1.54, 1.807) is 6.20 Å². The van der Waals surface area contributed by atoms with E-state index in [9.17, 15) is 22.8 Å². The summed E-state index contributed by atoms with van der Waals surface area (Å²) in [5, 5.41) is 3.34. The lowest BCUT2D eigenvalue weighted by Crippen LogP contribution is -2.43. The summed E-state index contributed by atoms with van der Waals surface area (Å²) in [7, 11) is 0. The van der Waals surface area contributed by atoms with Crippen molar-refractivity contribution in [2.45, 2.75) is 38.9 Å². The smallest absolute Gasteiger partial charge is 0.348 e. The molecular weight excluding hydrogens is 383 g/mol. The number of para-hydroxylation sites is 1. The molecule has 5 nitrogen and oxygen atoms in total. The summed E-state index contributed by atoms with van der Waals surface area (Å²) < 4.78 is 40.1. The zero-order chi connectivity index (χ0) is 21.2. The molecule has 1 saturated heterocycles. The van der Waals surface area contributed by atoms with Crippen molar-refractivity contribution in [3.8, 4) is 0 Å². The molecule has 1 aromatic carbocycles. The Labute approximate surface area is 167 Å². The van der Waals surface area contributed by atoms with E-state index in [0.29, 0.717) is 25.2 Å². The van der Waals surface area contributed by atoms with Crippen LogP contribution in [0.1, 0.15) is 43.1 Å². The fourth-order valence-corrected chi connectivity index (χ4v) is 3.83. The standard InChI is InChI=1S/C21H26F3N3O2/c1-14(2)27-13-17(16-5-3-4-6-18(16)27)19(28)20(29)25-9-12-26-10-7-15(8-11-26)21(22,23)24/h3-6,13-15H,7-12H2,1-2H3,(H,25,29). The Hall–Kier alpha value is -2.35. The summed E-state index contributed by atoms with van der Waals surface area (Å²) in [6.45, 7) is 5.35. The zero-order valence-electron chi connectivity index (χ0n) is 16.6. The van der Waals surface area contributed by atoms with E-state index >= 15 is 0 Å². The van der Waals surface area contributed by atoms with Crippen molar-refractivity contribution in [2.24, 2.45) is 5.92 Å². The highest BCUT2D eigenvalue weighted by Crippen LogP contribution is 2.33. The van der Waals surface area contributed by atoms with E-state index in [1.807, 2.05) is 47.6 Å². The second kappa shape index (κ2) is 8.57. The fourth-order valence-electron chi connectivity index (χ4n) is 3.83. The maximum Gasteiger partial charge on any atom is 0.391 e. The van der Waals surface area contributed by atoms with Crippen molar-refractivity contribution >= 4 is 22.6 Å². The van der Waals surface area contributed by atoms with Crippen LogP contribution in [0.15, 0.2) is 30.5 Å². The van der Waals surface area contributed by atoms with Gasteiger partial charge in [-0.1, -0.05) is 18.2 Å². The van der Waals surface area contributed by atoms with Crippen LogP contribution in [0.5, 0.6) is 0 Å². The predicted octanol–water partition coefficient (Wildman–Crippen LogP) is 3.80. The van der Waals surface area contributed by atoms with Gasteiger partial charge >= 0.3 is 6.18 Å². The number of nitrogens with one attached hydrogen (secondary N) is 1. The van der Waals surface area contributed by atoms with Crippen molar-refractivity contribution in [3.05, 3.63) is 36.0 Å². The van der Waals surface area contributed by atoms with Gasteiger partial charge in [0, 0.05) is 36.2 Å². The fraction of sp³-hybridized carbons (Fsp3) is 0.524. The minimum absolute atomic E-state index is 0.0745. The highest BCUT2D eigenvalue weighted by atomic mass is 19.4. The third-order valence-corrected chi connectivity index (χ3v) is 5.51. The number of benzene rings is 1. The summed E-state index contributed by atoms with van der Waals surface area (Å²) in [4.78, 5) is 26.9. The van der Waals surface area contributed by atoms with Gasteiger partial charge in [0.2, 0.25) is 0 Å². The number of Topliss-reactive ketones (excluding diaryl/α,β-unsaturated/α-hetero) is 1. The van der Waals surface area contributed by atoms with Crippen LogP contribution < -0.4 is 5.32 Å². The van der Waals surface area contributed by atoms with Crippen molar-refractivity contribution in [1.82, 2.24) is 14.8 Å². The number of rotatable bonds is 6. The molecule has 29 heavy (non-hydrogen) atoms. The summed E-state index contributed by atoms with van der Waals surface area (Å²) >= 11 is 0. The molecule has 1 aliphatic heterocycles. The summed E-state index contributed by atoms with van der Waals surface area (Å²) in [5.41, 5.74) is 1.25. The minimum Gasteiger partial charge on any atom is -0.348 e. The number of nitrogens with zero attached hydrogens (tertiary/aromatic N) is 2. The van der Waals surface area contributed by atoms with Crippen LogP contribution >= 0.6 is 0 Å². The number of likely N-dealkylation sites (tertiary alicyclic amines) is 1. The predicted molar refractivity (Wildman–Crippen MR) is 105 cm³/mol. The Balaban J connectivity index is 1.56. The molecule has 1 aromatic heterocycles. The molecule has 0 aliphatic carbocycles. The molecule has 1 aliphatic rings. The third-order valence-electron chi connectivity index (χ3n) is 5.51. The van der Waals surface area contributed by atoms with Gasteiger partial charge in [-0.15, -0.1) is 0 Å². The number of amides is 1. The summed E-state index contributed by atoms with van der Waals surface area (Å²) in [5.74, 6) is -2.54. The molecule has 8 heteroatoms. The van der Waals surface area contributed by atoms with Crippen molar-refractivity contribution in [3.63, 3.8) is 0 Å². The highest BCUT2D eigenvalue weighted by Gasteiger charge is 2.40. The average Bonchev–Trinajstić information content (AvgIpc) is 3.07. The summed E-state index contributed by atoms with van der Waals surface area (Å²) in [6, 6.07) is 7.59. The zero-order valence-corrected chi connectivity index (χ0v) is 16.6. The lowest BCUT2D eigenvalue weighted by molar-refractivity contribution is -0.184. The van der Waals surface area contributed by atoms with Gasteiger partial charge < -0.3 is 14.8 Å². The lowest BCUT2D eigenvalue weighted by Gasteiger charge is -2.32. The first-order valence-electron chi connectivity index (χ1n) is 9.89. The van der Waals surface area contributed by atoms with E-state index in [1.165, 1.54) is 0 Å². The molecule has 158 valence electrons. The minimum atomic E-state index is -4.14. The van der Waals surface area contributed by atoms with Crippen molar-refractivity contribution < 1.29 is 22.8 Å². The number of alkyl halides is 3. The molecule has 2 aromatic rings. The second-order valence-corrected chi connectivity index (χ2v) is 7.80. The number of fused-ring (bicyclic) bond motifs is 1. The van der Waals surface area contributed by atoms with Gasteiger partial charge in [0.1, 0.15) is 0 Å². The Bertz CT molecular complexity index is 881. The molecule has 3 rings (SSSR count). The number of hydrogen-bond acceptors (Lipinski definition) is 3. The van der Waals surface area contributed by atoms with Gasteiger partial charge in [0.05, 0.1) is 11.5 Å². The van der Waals surface area contributed by atoms with Crippen LogP contribution in [-0.2, 0) is 4.79 Å². The first-order chi connectivity index (χ1) is 13.7. The van der Waals surface area contributed by atoms with E-state index in [0.717, 1.165) is 10.9 Å². The Morgan fingerprint density at radius 1 is 1.17 bits per heavy atom. The number of piperidine rings is 1. The largest absolute Gasteiger partial charge is 0.391 e. The van der Waals surface area contributed by atoms with Crippen LogP contribution in [0.2, 0.25) is 0 Å². The van der Waals surface area contributed by atoms with Crippen molar-refractivity contribution in [1.29, 1.82) is 0 Å². The van der Waals surface area contributed by atoms with E-state index in [2.05, 4.69) is 5.32 Å². The van der Waals surface area contributed by atoms with Gasteiger partial charge in [0.15, 0.2) is 0 Å². The van der Waals surface area contributed by atoms with E-state index in [4.69, 9.17) is 0 Å².